The van der Waals surface area contributed by atoms with E-state index < -0.39 is 10.2 Å². The minimum atomic E-state index is -3.40. The summed E-state index contributed by atoms with van der Waals surface area (Å²) in [7, 11) is -3.40. The Hall–Kier alpha value is -1.15. The highest BCUT2D eigenvalue weighted by Crippen LogP contribution is 2.21. The highest BCUT2D eigenvalue weighted by atomic mass is 32.2. The second-order valence-corrected chi connectivity index (χ2v) is 8.23. The van der Waals surface area contributed by atoms with Crippen LogP contribution in [0.2, 0.25) is 0 Å². The van der Waals surface area contributed by atoms with Crippen molar-refractivity contribution in [3.05, 3.63) is 30.3 Å². The van der Waals surface area contributed by atoms with Crippen molar-refractivity contribution in [1.82, 2.24) is 8.61 Å². The molecule has 0 saturated carbocycles. The number of rotatable bonds is 3. The molecule has 128 valence electrons. The van der Waals surface area contributed by atoms with E-state index in [1.165, 1.54) is 0 Å². The summed E-state index contributed by atoms with van der Waals surface area (Å²) in [5.41, 5.74) is 1.15. The summed E-state index contributed by atoms with van der Waals surface area (Å²) in [5.74, 6) is 0. The van der Waals surface area contributed by atoms with Gasteiger partial charge in [0, 0.05) is 45.0 Å². The minimum absolute atomic E-state index is 0.0564. The van der Waals surface area contributed by atoms with E-state index in [4.69, 9.17) is 4.74 Å². The lowest BCUT2D eigenvalue weighted by atomic mass is 10.2. The second-order valence-electron chi connectivity index (χ2n) is 6.30. The summed E-state index contributed by atoms with van der Waals surface area (Å²) in [5, 5.41) is 0. The molecule has 2 aliphatic heterocycles. The minimum Gasteiger partial charge on any atom is -0.373 e. The number of ether oxygens (including phenoxy) is 1. The number of anilines is 1. The highest BCUT2D eigenvalue weighted by molar-refractivity contribution is 7.86. The Labute approximate surface area is 138 Å². The van der Waals surface area contributed by atoms with Crippen molar-refractivity contribution in [3.8, 4) is 0 Å². The average molecular weight is 339 g/mol. The number of hydrogen-bond donors (Lipinski definition) is 0. The maximum atomic E-state index is 12.9. The molecule has 0 radical (unpaired) electrons. The Morgan fingerprint density at radius 2 is 1.48 bits per heavy atom. The second kappa shape index (κ2) is 6.76. The van der Waals surface area contributed by atoms with Gasteiger partial charge >= 0.3 is 0 Å². The Morgan fingerprint density at radius 3 is 2.04 bits per heavy atom. The van der Waals surface area contributed by atoms with Crippen LogP contribution < -0.4 is 4.90 Å². The van der Waals surface area contributed by atoms with Crippen LogP contribution in [-0.2, 0) is 14.9 Å². The van der Waals surface area contributed by atoms with Gasteiger partial charge in [-0.25, -0.2) is 0 Å². The summed E-state index contributed by atoms with van der Waals surface area (Å²) in [6.45, 7) is 7.21. The monoisotopic (exact) mass is 339 g/mol. The number of benzene rings is 1. The molecule has 7 heteroatoms. The molecule has 0 amide bonds. The van der Waals surface area contributed by atoms with Gasteiger partial charge in [-0.3, -0.25) is 0 Å². The summed E-state index contributed by atoms with van der Waals surface area (Å²) in [6.07, 6.45) is -0.113. The molecule has 2 heterocycles. The van der Waals surface area contributed by atoms with Gasteiger partial charge in [0.1, 0.15) is 0 Å². The van der Waals surface area contributed by atoms with Gasteiger partial charge in [-0.1, -0.05) is 18.2 Å². The number of morpholine rings is 1. The van der Waals surface area contributed by atoms with E-state index >= 15 is 0 Å². The fraction of sp³-hybridized carbons (Fsp3) is 0.625. The third-order valence-electron chi connectivity index (χ3n) is 4.40. The van der Waals surface area contributed by atoms with Crippen molar-refractivity contribution >= 4 is 15.9 Å². The van der Waals surface area contributed by atoms with Gasteiger partial charge in [0.2, 0.25) is 0 Å². The third kappa shape index (κ3) is 3.68. The predicted molar refractivity (Wildman–Crippen MR) is 90.7 cm³/mol. The average Bonchev–Trinajstić information content (AvgIpc) is 2.55. The number of piperazine rings is 1. The summed E-state index contributed by atoms with van der Waals surface area (Å²) in [6, 6.07) is 10.1. The summed E-state index contributed by atoms with van der Waals surface area (Å²) in [4.78, 5) is 2.23. The van der Waals surface area contributed by atoms with Crippen LogP contribution in [0.15, 0.2) is 30.3 Å². The normalized spacial score (nSPS) is 28.0. The lowest BCUT2D eigenvalue weighted by Gasteiger charge is -2.40. The molecule has 0 spiro atoms. The molecule has 0 aromatic heterocycles. The molecule has 0 bridgehead atoms. The van der Waals surface area contributed by atoms with Gasteiger partial charge in [0.15, 0.2) is 0 Å². The molecule has 2 atom stereocenters. The Bertz CT molecular complexity index is 605. The van der Waals surface area contributed by atoms with Crippen LogP contribution in [0.4, 0.5) is 5.69 Å². The van der Waals surface area contributed by atoms with Crippen LogP contribution in [-0.4, -0.2) is 68.5 Å². The van der Waals surface area contributed by atoms with Crippen molar-refractivity contribution in [1.29, 1.82) is 0 Å². The first-order valence-electron chi connectivity index (χ1n) is 8.17. The molecule has 1 aromatic rings. The molecule has 1 aromatic carbocycles. The highest BCUT2D eigenvalue weighted by Gasteiger charge is 2.36. The van der Waals surface area contributed by atoms with E-state index in [0.29, 0.717) is 26.2 Å². The molecule has 23 heavy (non-hydrogen) atoms. The van der Waals surface area contributed by atoms with Crippen molar-refractivity contribution in [2.45, 2.75) is 26.1 Å². The van der Waals surface area contributed by atoms with Gasteiger partial charge in [-0.15, -0.1) is 0 Å². The maximum Gasteiger partial charge on any atom is 0.282 e. The molecule has 0 N–H and O–H groups in total. The quantitative estimate of drug-likeness (QED) is 0.829. The van der Waals surface area contributed by atoms with Crippen molar-refractivity contribution in [2.24, 2.45) is 0 Å². The maximum absolute atomic E-state index is 12.9. The largest absolute Gasteiger partial charge is 0.373 e. The summed E-state index contributed by atoms with van der Waals surface area (Å²) < 4.78 is 34.5. The smallest absolute Gasteiger partial charge is 0.282 e. The number of hydrogen-bond acceptors (Lipinski definition) is 4. The van der Waals surface area contributed by atoms with Gasteiger partial charge in [-0.05, 0) is 26.0 Å². The standard InChI is InChI=1S/C16H25N3O3S/c1-14-12-19(13-15(2)22-14)23(20,21)18-10-8-17(9-11-18)16-6-4-3-5-7-16/h3-7,14-15H,8-13H2,1-2H3. The molecule has 2 aliphatic rings. The van der Waals surface area contributed by atoms with Crippen LogP contribution in [0, 0.1) is 0 Å². The first-order valence-corrected chi connectivity index (χ1v) is 9.57. The SMILES string of the molecule is CC1CN(S(=O)(=O)N2CCN(c3ccccc3)CC2)CC(C)O1. The van der Waals surface area contributed by atoms with E-state index in [0.717, 1.165) is 18.8 Å². The molecule has 6 nitrogen and oxygen atoms in total. The molecule has 2 saturated heterocycles. The van der Waals surface area contributed by atoms with Gasteiger partial charge in [-0.2, -0.15) is 17.0 Å². The Kier molecular flexibility index (Phi) is 4.91. The van der Waals surface area contributed by atoms with Crippen LogP contribution in [0.1, 0.15) is 13.8 Å². The molecule has 0 aliphatic carbocycles. The van der Waals surface area contributed by atoms with Crippen LogP contribution in [0.5, 0.6) is 0 Å². The first-order chi connectivity index (χ1) is 11.0. The molecule has 3 rings (SSSR count). The zero-order chi connectivity index (χ0) is 16.4. The van der Waals surface area contributed by atoms with Gasteiger partial charge < -0.3 is 9.64 Å². The Balaban J connectivity index is 1.64. The fourth-order valence-electron chi connectivity index (χ4n) is 3.30. The fourth-order valence-corrected chi connectivity index (χ4v) is 5.05. The number of nitrogens with zero attached hydrogens (tertiary/aromatic N) is 3. The molecule has 2 unspecified atom stereocenters. The van der Waals surface area contributed by atoms with Crippen molar-refractivity contribution in [2.75, 3.05) is 44.2 Å². The van der Waals surface area contributed by atoms with E-state index in [1.807, 2.05) is 32.0 Å². The lowest BCUT2D eigenvalue weighted by molar-refractivity contribution is -0.0455. The number of para-hydroxylation sites is 1. The van der Waals surface area contributed by atoms with Gasteiger partial charge in [0.05, 0.1) is 12.2 Å². The zero-order valence-electron chi connectivity index (χ0n) is 13.8. The third-order valence-corrected chi connectivity index (χ3v) is 6.37. The van der Waals surface area contributed by atoms with Crippen LogP contribution >= 0.6 is 0 Å². The Morgan fingerprint density at radius 1 is 0.913 bits per heavy atom. The van der Waals surface area contributed by atoms with E-state index in [9.17, 15) is 8.42 Å². The van der Waals surface area contributed by atoms with E-state index in [-0.39, 0.29) is 12.2 Å². The molecule has 2 fully saturated rings. The topological polar surface area (TPSA) is 53.1 Å². The van der Waals surface area contributed by atoms with Gasteiger partial charge in [0.25, 0.3) is 10.2 Å². The van der Waals surface area contributed by atoms with E-state index in [1.54, 1.807) is 8.61 Å². The molecular weight excluding hydrogens is 314 g/mol. The lowest BCUT2D eigenvalue weighted by Crippen LogP contribution is -2.57. The van der Waals surface area contributed by atoms with Crippen molar-refractivity contribution in [3.63, 3.8) is 0 Å². The van der Waals surface area contributed by atoms with E-state index in [2.05, 4.69) is 17.0 Å². The predicted octanol–water partition coefficient (Wildman–Crippen LogP) is 1.16. The van der Waals surface area contributed by atoms with Crippen molar-refractivity contribution < 1.29 is 13.2 Å². The summed E-state index contributed by atoms with van der Waals surface area (Å²) >= 11 is 0. The zero-order valence-corrected chi connectivity index (χ0v) is 14.6. The molecular formula is C16H25N3O3S. The van der Waals surface area contributed by atoms with Crippen LogP contribution in [0.25, 0.3) is 0 Å². The van der Waals surface area contributed by atoms with Crippen LogP contribution in [0.3, 0.4) is 0 Å². The first kappa shape index (κ1) is 16.7.